The van der Waals surface area contributed by atoms with Gasteiger partial charge < -0.3 is 10.4 Å². The van der Waals surface area contributed by atoms with Gasteiger partial charge in [0.05, 0.1) is 18.5 Å². The van der Waals surface area contributed by atoms with Crippen LogP contribution in [0.3, 0.4) is 0 Å². The Kier molecular flexibility index (Phi) is 3.79. The Balaban J connectivity index is 2.61. The van der Waals surface area contributed by atoms with Gasteiger partial charge in [-0.3, -0.25) is 9.78 Å². The van der Waals surface area contributed by atoms with Crippen LogP contribution in [0.1, 0.15) is 17.4 Å². The van der Waals surface area contributed by atoms with Crippen molar-refractivity contribution in [1.29, 1.82) is 0 Å². The lowest BCUT2D eigenvalue weighted by Crippen LogP contribution is -2.31. The summed E-state index contributed by atoms with van der Waals surface area (Å²) in [5, 5.41) is 11.6. The molecule has 1 atom stereocenters. The molecule has 0 saturated carbocycles. The molecule has 0 fully saturated rings. The highest BCUT2D eigenvalue weighted by Gasteiger charge is 2.08. The van der Waals surface area contributed by atoms with Gasteiger partial charge in [0.25, 0.3) is 5.91 Å². The van der Waals surface area contributed by atoms with E-state index >= 15 is 0 Å². The van der Waals surface area contributed by atoms with E-state index in [0.717, 1.165) is 0 Å². The van der Waals surface area contributed by atoms with Crippen LogP contribution in [-0.4, -0.2) is 33.6 Å². The van der Waals surface area contributed by atoms with Crippen LogP contribution in [0.25, 0.3) is 0 Å². The molecular weight excluding hydrogens is 206 g/mol. The fourth-order valence-electron chi connectivity index (χ4n) is 0.783. The summed E-state index contributed by atoms with van der Waals surface area (Å²) in [4.78, 5) is 18.8. The van der Waals surface area contributed by atoms with Gasteiger partial charge in [-0.25, -0.2) is 4.98 Å². The Morgan fingerprint density at radius 1 is 1.71 bits per heavy atom. The summed E-state index contributed by atoms with van der Waals surface area (Å²) in [5.41, 5.74) is 0.137. The number of hydrogen-bond donors (Lipinski definition) is 2. The third-order valence-corrected chi connectivity index (χ3v) is 1.58. The normalized spacial score (nSPS) is 12.2. The minimum absolute atomic E-state index is 0.137. The number of carbonyl (C=O) groups is 1. The number of nitrogens with zero attached hydrogens (tertiary/aromatic N) is 2. The molecule has 0 aliphatic carbocycles. The van der Waals surface area contributed by atoms with Crippen LogP contribution in [0, 0.1) is 0 Å². The van der Waals surface area contributed by atoms with E-state index in [1.54, 1.807) is 6.92 Å². The first-order valence-electron chi connectivity index (χ1n) is 4.03. The highest BCUT2D eigenvalue weighted by molar-refractivity contribution is 6.29. The topological polar surface area (TPSA) is 75.1 Å². The molecular formula is C8H10ClN3O2. The number of aliphatic hydroxyl groups is 1. The third-order valence-electron chi connectivity index (χ3n) is 1.40. The largest absolute Gasteiger partial charge is 0.392 e. The minimum atomic E-state index is -0.592. The summed E-state index contributed by atoms with van der Waals surface area (Å²) in [6.45, 7) is 1.75. The predicted molar refractivity (Wildman–Crippen MR) is 51.1 cm³/mol. The van der Waals surface area contributed by atoms with Crippen molar-refractivity contribution in [3.05, 3.63) is 23.2 Å². The number of carbonyl (C=O) groups excluding carboxylic acids is 1. The number of nitrogens with one attached hydrogen (secondary N) is 1. The van der Waals surface area contributed by atoms with Gasteiger partial charge in [0.2, 0.25) is 0 Å². The van der Waals surface area contributed by atoms with Crippen LogP contribution >= 0.6 is 11.6 Å². The number of amides is 1. The standard InChI is InChI=1S/C8H10ClN3O2/c1-5(13)2-11-8(14)6-3-10-4-7(9)12-6/h3-5,13H,2H2,1H3,(H,11,14). The minimum Gasteiger partial charge on any atom is -0.392 e. The SMILES string of the molecule is CC(O)CNC(=O)c1cncc(Cl)n1. The van der Waals surface area contributed by atoms with Crippen LogP contribution in [0.2, 0.25) is 5.15 Å². The Hall–Kier alpha value is -1.20. The zero-order valence-electron chi connectivity index (χ0n) is 7.57. The second-order valence-electron chi connectivity index (χ2n) is 2.79. The van der Waals surface area contributed by atoms with E-state index in [9.17, 15) is 4.79 Å². The smallest absolute Gasteiger partial charge is 0.271 e. The second kappa shape index (κ2) is 4.88. The molecule has 1 aromatic heterocycles. The van der Waals surface area contributed by atoms with E-state index in [0.29, 0.717) is 0 Å². The third kappa shape index (κ3) is 3.27. The number of aliphatic hydroxyl groups excluding tert-OH is 1. The Bertz CT molecular complexity index is 330. The number of halogens is 1. The van der Waals surface area contributed by atoms with Crippen molar-refractivity contribution in [2.75, 3.05) is 6.54 Å². The van der Waals surface area contributed by atoms with Crippen molar-refractivity contribution in [2.45, 2.75) is 13.0 Å². The summed E-state index contributed by atoms with van der Waals surface area (Å²) in [6, 6.07) is 0. The predicted octanol–water partition coefficient (Wildman–Crippen LogP) is 0.241. The molecule has 0 bridgehead atoms. The molecule has 1 unspecified atom stereocenters. The molecule has 6 heteroatoms. The van der Waals surface area contributed by atoms with E-state index in [1.807, 2.05) is 0 Å². The summed E-state index contributed by atoms with van der Waals surface area (Å²) >= 11 is 5.55. The van der Waals surface area contributed by atoms with E-state index in [-0.39, 0.29) is 17.4 Å². The van der Waals surface area contributed by atoms with Crippen molar-refractivity contribution < 1.29 is 9.90 Å². The summed E-state index contributed by atoms with van der Waals surface area (Å²) in [6.07, 6.45) is 2.06. The van der Waals surface area contributed by atoms with Gasteiger partial charge in [-0.2, -0.15) is 0 Å². The summed E-state index contributed by atoms with van der Waals surface area (Å²) in [7, 11) is 0. The zero-order valence-corrected chi connectivity index (χ0v) is 8.32. The maximum absolute atomic E-state index is 11.3. The average Bonchev–Trinajstić information content (AvgIpc) is 2.14. The Labute approximate surface area is 86.1 Å². The lowest BCUT2D eigenvalue weighted by molar-refractivity contribution is 0.0918. The molecule has 1 amide bonds. The second-order valence-corrected chi connectivity index (χ2v) is 3.17. The number of aromatic nitrogens is 2. The van der Waals surface area contributed by atoms with Crippen molar-refractivity contribution in [3.8, 4) is 0 Å². The lowest BCUT2D eigenvalue weighted by atomic mass is 10.3. The molecule has 5 nitrogen and oxygen atoms in total. The molecule has 1 heterocycles. The molecule has 0 radical (unpaired) electrons. The van der Waals surface area contributed by atoms with E-state index in [1.165, 1.54) is 12.4 Å². The zero-order chi connectivity index (χ0) is 10.6. The van der Waals surface area contributed by atoms with Crippen molar-refractivity contribution >= 4 is 17.5 Å². The monoisotopic (exact) mass is 215 g/mol. The fourth-order valence-corrected chi connectivity index (χ4v) is 0.930. The molecule has 0 saturated heterocycles. The van der Waals surface area contributed by atoms with Crippen LogP contribution in [0.15, 0.2) is 12.4 Å². The first kappa shape index (κ1) is 10.9. The fraction of sp³-hybridized carbons (Fsp3) is 0.375. The molecule has 1 aromatic rings. The number of rotatable bonds is 3. The Morgan fingerprint density at radius 3 is 3.00 bits per heavy atom. The highest BCUT2D eigenvalue weighted by Crippen LogP contribution is 2.01. The molecule has 0 aliphatic heterocycles. The maximum Gasteiger partial charge on any atom is 0.271 e. The Morgan fingerprint density at radius 2 is 2.43 bits per heavy atom. The van der Waals surface area contributed by atoms with E-state index in [4.69, 9.17) is 16.7 Å². The van der Waals surface area contributed by atoms with Crippen LogP contribution in [0.4, 0.5) is 0 Å². The maximum atomic E-state index is 11.3. The molecule has 1 rings (SSSR count). The van der Waals surface area contributed by atoms with Crippen molar-refractivity contribution in [3.63, 3.8) is 0 Å². The van der Waals surface area contributed by atoms with Gasteiger partial charge in [-0.15, -0.1) is 0 Å². The molecule has 0 aliphatic rings. The van der Waals surface area contributed by atoms with E-state index in [2.05, 4.69) is 15.3 Å². The number of hydrogen-bond acceptors (Lipinski definition) is 4. The van der Waals surface area contributed by atoms with Gasteiger partial charge >= 0.3 is 0 Å². The summed E-state index contributed by atoms with van der Waals surface area (Å²) in [5.74, 6) is -0.402. The van der Waals surface area contributed by atoms with Crippen molar-refractivity contribution in [1.82, 2.24) is 15.3 Å². The van der Waals surface area contributed by atoms with Crippen LogP contribution in [-0.2, 0) is 0 Å². The van der Waals surface area contributed by atoms with Gasteiger partial charge in [0.15, 0.2) is 0 Å². The van der Waals surface area contributed by atoms with Gasteiger partial charge in [-0.05, 0) is 6.92 Å². The van der Waals surface area contributed by atoms with E-state index < -0.39 is 12.0 Å². The lowest BCUT2D eigenvalue weighted by Gasteiger charge is -2.05. The molecule has 76 valence electrons. The first-order valence-corrected chi connectivity index (χ1v) is 4.41. The van der Waals surface area contributed by atoms with Crippen molar-refractivity contribution in [2.24, 2.45) is 0 Å². The average molecular weight is 216 g/mol. The molecule has 0 spiro atoms. The molecule has 14 heavy (non-hydrogen) atoms. The van der Waals surface area contributed by atoms with Gasteiger partial charge in [0.1, 0.15) is 10.8 Å². The summed E-state index contributed by atoms with van der Waals surface area (Å²) < 4.78 is 0. The highest BCUT2D eigenvalue weighted by atomic mass is 35.5. The quantitative estimate of drug-likeness (QED) is 0.758. The van der Waals surface area contributed by atoms with Crippen LogP contribution < -0.4 is 5.32 Å². The van der Waals surface area contributed by atoms with Crippen LogP contribution in [0.5, 0.6) is 0 Å². The first-order chi connectivity index (χ1) is 6.59. The van der Waals surface area contributed by atoms with Gasteiger partial charge in [0, 0.05) is 6.54 Å². The molecule has 0 aromatic carbocycles. The van der Waals surface area contributed by atoms with Gasteiger partial charge in [-0.1, -0.05) is 11.6 Å². The molecule has 2 N–H and O–H groups in total.